The Morgan fingerprint density at radius 2 is 1.82 bits per heavy atom. The molecule has 102 valence electrons. The summed E-state index contributed by atoms with van der Waals surface area (Å²) in [5.74, 6) is 0. The van der Waals surface area contributed by atoms with E-state index in [4.69, 9.17) is 4.74 Å². The summed E-state index contributed by atoms with van der Waals surface area (Å²) in [5.41, 5.74) is -0.596. The third-order valence-electron chi connectivity index (χ3n) is 3.49. The quantitative estimate of drug-likeness (QED) is 0.579. The first kappa shape index (κ1) is 14.9. The third kappa shape index (κ3) is 7.02. The van der Waals surface area contributed by atoms with Gasteiger partial charge in [-0.05, 0) is 13.0 Å². The van der Waals surface area contributed by atoms with Crippen molar-refractivity contribution in [1.82, 2.24) is 5.32 Å². The first-order valence-corrected chi connectivity index (χ1v) is 7.28. The molecule has 1 fully saturated rings. The van der Waals surface area contributed by atoms with Gasteiger partial charge in [0.05, 0.1) is 6.61 Å². The van der Waals surface area contributed by atoms with E-state index in [0.29, 0.717) is 19.8 Å². The first-order valence-electron chi connectivity index (χ1n) is 7.28. The summed E-state index contributed by atoms with van der Waals surface area (Å²) in [7, 11) is 0. The zero-order chi connectivity index (χ0) is 12.4. The summed E-state index contributed by atoms with van der Waals surface area (Å²) in [4.78, 5) is 0. The Morgan fingerprint density at radius 1 is 1.12 bits per heavy atom. The molecule has 17 heavy (non-hydrogen) atoms. The van der Waals surface area contributed by atoms with E-state index in [-0.39, 0.29) is 0 Å². The van der Waals surface area contributed by atoms with Gasteiger partial charge in [0.1, 0.15) is 5.60 Å². The van der Waals surface area contributed by atoms with Crippen molar-refractivity contribution in [1.29, 1.82) is 0 Å². The molecule has 0 radical (unpaired) electrons. The molecular formula is C14H29NO2. The van der Waals surface area contributed by atoms with Crippen molar-refractivity contribution < 1.29 is 9.84 Å². The predicted molar refractivity (Wildman–Crippen MR) is 71.2 cm³/mol. The van der Waals surface area contributed by atoms with Crippen LogP contribution in [0.5, 0.6) is 0 Å². The van der Waals surface area contributed by atoms with E-state index in [1.807, 2.05) is 0 Å². The highest BCUT2D eigenvalue weighted by Gasteiger charge is 2.31. The fraction of sp³-hybridized carbons (Fsp3) is 1.00. The highest BCUT2D eigenvalue weighted by molar-refractivity contribution is 4.84. The van der Waals surface area contributed by atoms with Crippen LogP contribution in [0.25, 0.3) is 0 Å². The number of nitrogens with one attached hydrogen (secondary N) is 1. The number of unbranched alkanes of at least 4 members (excludes halogenated alkanes) is 6. The highest BCUT2D eigenvalue weighted by Crippen LogP contribution is 2.16. The van der Waals surface area contributed by atoms with E-state index < -0.39 is 5.60 Å². The molecule has 0 aromatic heterocycles. The molecule has 1 unspecified atom stereocenters. The van der Waals surface area contributed by atoms with Crippen molar-refractivity contribution >= 4 is 0 Å². The number of hydrogen-bond donors (Lipinski definition) is 2. The van der Waals surface area contributed by atoms with Gasteiger partial charge in [0.2, 0.25) is 0 Å². The van der Waals surface area contributed by atoms with Crippen LogP contribution in [0.2, 0.25) is 0 Å². The van der Waals surface area contributed by atoms with Gasteiger partial charge < -0.3 is 15.2 Å². The second-order valence-electron chi connectivity index (χ2n) is 5.33. The minimum atomic E-state index is -0.596. The second kappa shape index (κ2) is 8.90. The Bertz CT molecular complexity index is 179. The van der Waals surface area contributed by atoms with Crippen molar-refractivity contribution in [2.45, 2.75) is 63.9 Å². The fourth-order valence-corrected chi connectivity index (χ4v) is 2.26. The third-order valence-corrected chi connectivity index (χ3v) is 3.49. The molecule has 3 nitrogen and oxygen atoms in total. The van der Waals surface area contributed by atoms with Gasteiger partial charge >= 0.3 is 0 Å². The molecule has 2 N–H and O–H groups in total. The maximum atomic E-state index is 10.0. The number of aliphatic hydroxyl groups is 1. The summed E-state index contributed by atoms with van der Waals surface area (Å²) in [6, 6.07) is 0. The van der Waals surface area contributed by atoms with Crippen molar-refractivity contribution in [2.24, 2.45) is 0 Å². The molecule has 0 saturated carbocycles. The molecule has 1 saturated heterocycles. The summed E-state index contributed by atoms with van der Waals surface area (Å²) in [6.45, 7) is 5.16. The van der Waals surface area contributed by atoms with Crippen LogP contribution >= 0.6 is 0 Å². The van der Waals surface area contributed by atoms with E-state index in [9.17, 15) is 5.11 Å². The predicted octanol–water partition coefficient (Wildman–Crippen LogP) is 2.48. The van der Waals surface area contributed by atoms with Gasteiger partial charge in [0.15, 0.2) is 0 Å². The molecule has 1 atom stereocenters. The Morgan fingerprint density at radius 3 is 2.47 bits per heavy atom. The van der Waals surface area contributed by atoms with Crippen LogP contribution in [0.15, 0.2) is 0 Å². The smallest absolute Gasteiger partial charge is 0.102 e. The van der Waals surface area contributed by atoms with Crippen molar-refractivity contribution in [2.75, 3.05) is 26.3 Å². The van der Waals surface area contributed by atoms with Crippen LogP contribution in [0.1, 0.15) is 58.3 Å². The van der Waals surface area contributed by atoms with Gasteiger partial charge in [-0.15, -0.1) is 0 Å². The fourth-order valence-electron chi connectivity index (χ4n) is 2.26. The molecule has 3 heteroatoms. The SMILES string of the molecule is CCCCCCCCCNCC1(O)CCOC1. The molecule has 1 aliphatic rings. The van der Waals surface area contributed by atoms with Crippen LogP contribution in [0, 0.1) is 0 Å². The van der Waals surface area contributed by atoms with E-state index in [2.05, 4.69) is 12.2 Å². The van der Waals surface area contributed by atoms with Crippen LogP contribution in [-0.2, 0) is 4.74 Å². The van der Waals surface area contributed by atoms with Gasteiger partial charge in [-0.3, -0.25) is 0 Å². The average molecular weight is 243 g/mol. The summed E-state index contributed by atoms with van der Waals surface area (Å²) >= 11 is 0. The van der Waals surface area contributed by atoms with Crippen molar-refractivity contribution in [3.63, 3.8) is 0 Å². The zero-order valence-electron chi connectivity index (χ0n) is 11.3. The normalized spacial score (nSPS) is 24.4. The van der Waals surface area contributed by atoms with Crippen molar-refractivity contribution in [3.8, 4) is 0 Å². The Kier molecular flexibility index (Phi) is 7.82. The van der Waals surface area contributed by atoms with Gasteiger partial charge in [-0.2, -0.15) is 0 Å². The Balaban J connectivity index is 1.81. The van der Waals surface area contributed by atoms with Gasteiger partial charge in [0, 0.05) is 19.6 Å². The standard InChI is InChI=1S/C14H29NO2/c1-2-3-4-5-6-7-8-10-15-12-14(16)9-11-17-13-14/h15-16H,2-13H2,1H3. The minimum Gasteiger partial charge on any atom is -0.386 e. The van der Waals surface area contributed by atoms with Crippen molar-refractivity contribution in [3.05, 3.63) is 0 Å². The number of hydrogen-bond acceptors (Lipinski definition) is 3. The Hall–Kier alpha value is -0.120. The molecular weight excluding hydrogens is 214 g/mol. The number of ether oxygens (including phenoxy) is 1. The van der Waals surface area contributed by atoms with E-state index >= 15 is 0 Å². The zero-order valence-corrected chi connectivity index (χ0v) is 11.3. The topological polar surface area (TPSA) is 41.5 Å². The lowest BCUT2D eigenvalue weighted by atomic mass is 10.0. The van der Waals surface area contributed by atoms with Crippen LogP contribution in [-0.4, -0.2) is 37.0 Å². The van der Waals surface area contributed by atoms with E-state index in [1.165, 1.54) is 44.9 Å². The maximum Gasteiger partial charge on any atom is 0.102 e. The molecule has 0 aromatic carbocycles. The first-order chi connectivity index (χ1) is 8.27. The second-order valence-corrected chi connectivity index (χ2v) is 5.33. The van der Waals surface area contributed by atoms with Gasteiger partial charge in [0.25, 0.3) is 0 Å². The van der Waals surface area contributed by atoms with Crippen LogP contribution in [0.4, 0.5) is 0 Å². The molecule has 0 aromatic rings. The molecule has 1 aliphatic heterocycles. The Labute approximate surface area is 106 Å². The molecule has 1 rings (SSSR count). The lowest BCUT2D eigenvalue weighted by Gasteiger charge is -2.20. The molecule has 0 bridgehead atoms. The average Bonchev–Trinajstić information content (AvgIpc) is 2.74. The maximum absolute atomic E-state index is 10.0. The summed E-state index contributed by atoms with van der Waals surface area (Å²) in [5, 5.41) is 13.3. The molecule has 0 aliphatic carbocycles. The highest BCUT2D eigenvalue weighted by atomic mass is 16.5. The molecule has 1 heterocycles. The summed E-state index contributed by atoms with van der Waals surface area (Å²) in [6.07, 6.45) is 10.1. The van der Waals surface area contributed by atoms with Crippen LogP contribution in [0.3, 0.4) is 0 Å². The molecule has 0 amide bonds. The van der Waals surface area contributed by atoms with Crippen LogP contribution < -0.4 is 5.32 Å². The molecule has 0 spiro atoms. The lowest BCUT2D eigenvalue weighted by Crippen LogP contribution is -2.41. The van der Waals surface area contributed by atoms with Gasteiger partial charge in [-0.25, -0.2) is 0 Å². The monoisotopic (exact) mass is 243 g/mol. The van der Waals surface area contributed by atoms with E-state index in [0.717, 1.165) is 13.0 Å². The minimum absolute atomic E-state index is 0.497. The van der Waals surface area contributed by atoms with E-state index in [1.54, 1.807) is 0 Å². The largest absolute Gasteiger partial charge is 0.386 e. The summed E-state index contributed by atoms with van der Waals surface area (Å²) < 4.78 is 5.20. The lowest BCUT2D eigenvalue weighted by molar-refractivity contribution is 0.0272. The number of rotatable bonds is 10. The van der Waals surface area contributed by atoms with Gasteiger partial charge in [-0.1, -0.05) is 45.4 Å².